The van der Waals surface area contributed by atoms with Crippen molar-refractivity contribution in [3.05, 3.63) is 24.3 Å². The second-order valence-corrected chi connectivity index (χ2v) is 6.34. The predicted octanol–water partition coefficient (Wildman–Crippen LogP) is 4.10. The minimum absolute atomic E-state index is 0.758. The van der Waals surface area contributed by atoms with Crippen molar-refractivity contribution >= 4 is 11.8 Å². The second-order valence-electron chi connectivity index (χ2n) is 5.17. The van der Waals surface area contributed by atoms with E-state index in [0.717, 1.165) is 24.1 Å². The Balaban J connectivity index is 1.65. The summed E-state index contributed by atoms with van der Waals surface area (Å²) in [6, 6.07) is 9.07. The van der Waals surface area contributed by atoms with Gasteiger partial charge in [0.1, 0.15) is 5.75 Å². The standard InChI is InChI=1S/C16H25NOS/c1-18-15-9-6-10-16(13-15)19-12-11-17-14-7-4-2-3-5-8-14/h6,9-10,13-14,17H,2-5,7-8,11-12H2,1H3. The second kappa shape index (κ2) is 8.49. The Morgan fingerprint density at radius 1 is 1.21 bits per heavy atom. The van der Waals surface area contributed by atoms with E-state index < -0.39 is 0 Å². The molecule has 1 aliphatic rings. The summed E-state index contributed by atoms with van der Waals surface area (Å²) in [5.41, 5.74) is 0. The van der Waals surface area contributed by atoms with E-state index in [1.807, 2.05) is 17.8 Å². The molecule has 1 fully saturated rings. The first-order valence-corrected chi connectivity index (χ1v) is 8.37. The lowest BCUT2D eigenvalue weighted by molar-refractivity contribution is 0.413. The summed E-state index contributed by atoms with van der Waals surface area (Å²) >= 11 is 1.90. The molecule has 3 heteroatoms. The number of ether oxygens (including phenoxy) is 1. The van der Waals surface area contributed by atoms with Gasteiger partial charge in [0.15, 0.2) is 0 Å². The molecule has 0 aliphatic heterocycles. The molecule has 19 heavy (non-hydrogen) atoms. The van der Waals surface area contributed by atoms with Gasteiger partial charge >= 0.3 is 0 Å². The molecule has 1 aliphatic carbocycles. The van der Waals surface area contributed by atoms with Crippen LogP contribution in [0.1, 0.15) is 38.5 Å². The zero-order valence-corrected chi connectivity index (χ0v) is 12.7. The summed E-state index contributed by atoms with van der Waals surface area (Å²) in [7, 11) is 1.72. The van der Waals surface area contributed by atoms with Gasteiger partial charge in [0.2, 0.25) is 0 Å². The van der Waals surface area contributed by atoms with Crippen LogP contribution in [0.15, 0.2) is 29.2 Å². The summed E-state index contributed by atoms with van der Waals surface area (Å²) in [5, 5.41) is 3.71. The fourth-order valence-corrected chi connectivity index (χ4v) is 3.44. The Bertz CT molecular complexity index is 362. The summed E-state index contributed by atoms with van der Waals surface area (Å²) in [5.74, 6) is 2.07. The van der Waals surface area contributed by atoms with Crippen LogP contribution in [0.25, 0.3) is 0 Å². The Hall–Kier alpha value is -0.670. The van der Waals surface area contributed by atoms with Gasteiger partial charge in [0.05, 0.1) is 7.11 Å². The highest BCUT2D eigenvalue weighted by atomic mass is 32.2. The SMILES string of the molecule is COc1cccc(SCCNC2CCCCCC2)c1. The average molecular weight is 279 g/mol. The third kappa shape index (κ3) is 5.45. The summed E-state index contributed by atoms with van der Waals surface area (Å²) in [6.07, 6.45) is 8.39. The van der Waals surface area contributed by atoms with Crippen molar-refractivity contribution in [2.45, 2.75) is 49.5 Å². The van der Waals surface area contributed by atoms with Crippen LogP contribution in [-0.4, -0.2) is 25.4 Å². The molecule has 0 spiro atoms. The van der Waals surface area contributed by atoms with Crippen molar-refractivity contribution in [3.63, 3.8) is 0 Å². The Morgan fingerprint density at radius 2 is 2.00 bits per heavy atom. The first-order chi connectivity index (χ1) is 9.38. The number of rotatable bonds is 6. The fourth-order valence-electron chi connectivity index (χ4n) is 2.61. The molecule has 0 bridgehead atoms. The number of methoxy groups -OCH3 is 1. The highest BCUT2D eigenvalue weighted by Gasteiger charge is 2.10. The Kier molecular flexibility index (Phi) is 6.58. The van der Waals surface area contributed by atoms with Gasteiger partial charge in [-0.05, 0) is 31.0 Å². The zero-order chi connectivity index (χ0) is 13.3. The quantitative estimate of drug-likeness (QED) is 0.481. The number of nitrogens with one attached hydrogen (secondary N) is 1. The monoisotopic (exact) mass is 279 g/mol. The lowest BCUT2D eigenvalue weighted by Crippen LogP contribution is -2.30. The van der Waals surface area contributed by atoms with Gasteiger partial charge in [-0.25, -0.2) is 0 Å². The molecular formula is C16H25NOS. The summed E-state index contributed by atoms with van der Waals surface area (Å²) in [6.45, 7) is 1.10. The van der Waals surface area contributed by atoms with Crippen LogP contribution in [0, 0.1) is 0 Å². The van der Waals surface area contributed by atoms with Crippen molar-refractivity contribution < 1.29 is 4.74 Å². The minimum atomic E-state index is 0.758. The average Bonchev–Trinajstić information content (AvgIpc) is 2.72. The van der Waals surface area contributed by atoms with Crippen LogP contribution in [0.2, 0.25) is 0 Å². The largest absolute Gasteiger partial charge is 0.497 e. The number of hydrogen-bond acceptors (Lipinski definition) is 3. The lowest BCUT2D eigenvalue weighted by Gasteiger charge is -2.15. The van der Waals surface area contributed by atoms with Crippen LogP contribution < -0.4 is 10.1 Å². The highest BCUT2D eigenvalue weighted by molar-refractivity contribution is 7.99. The minimum Gasteiger partial charge on any atom is -0.497 e. The van der Waals surface area contributed by atoms with E-state index in [1.165, 1.54) is 43.4 Å². The van der Waals surface area contributed by atoms with Gasteiger partial charge in [0, 0.05) is 23.2 Å². The molecule has 1 N–H and O–H groups in total. The number of hydrogen-bond donors (Lipinski definition) is 1. The molecule has 0 radical (unpaired) electrons. The third-order valence-corrected chi connectivity index (χ3v) is 4.70. The van der Waals surface area contributed by atoms with Gasteiger partial charge < -0.3 is 10.1 Å². The molecule has 2 nitrogen and oxygen atoms in total. The van der Waals surface area contributed by atoms with Gasteiger partial charge in [0.25, 0.3) is 0 Å². The highest BCUT2D eigenvalue weighted by Crippen LogP contribution is 2.22. The van der Waals surface area contributed by atoms with Crippen molar-refractivity contribution in [2.24, 2.45) is 0 Å². The molecule has 0 saturated heterocycles. The summed E-state index contributed by atoms with van der Waals surface area (Å²) < 4.78 is 5.24. The normalized spacial score (nSPS) is 17.1. The van der Waals surface area contributed by atoms with E-state index >= 15 is 0 Å². The molecule has 0 amide bonds. The van der Waals surface area contributed by atoms with Gasteiger partial charge in [-0.2, -0.15) is 0 Å². The topological polar surface area (TPSA) is 21.3 Å². The number of thioether (sulfide) groups is 1. The molecular weight excluding hydrogens is 254 g/mol. The van der Waals surface area contributed by atoms with Gasteiger partial charge in [-0.1, -0.05) is 31.7 Å². The lowest BCUT2D eigenvalue weighted by atomic mass is 10.1. The maximum absolute atomic E-state index is 5.24. The number of benzene rings is 1. The van der Waals surface area contributed by atoms with E-state index in [4.69, 9.17) is 4.74 Å². The molecule has 1 saturated carbocycles. The fraction of sp³-hybridized carbons (Fsp3) is 0.625. The molecule has 0 unspecified atom stereocenters. The maximum atomic E-state index is 5.24. The van der Waals surface area contributed by atoms with Crippen LogP contribution in [0.3, 0.4) is 0 Å². The molecule has 0 atom stereocenters. The molecule has 106 valence electrons. The smallest absolute Gasteiger partial charge is 0.119 e. The van der Waals surface area contributed by atoms with E-state index in [-0.39, 0.29) is 0 Å². The van der Waals surface area contributed by atoms with E-state index in [2.05, 4.69) is 23.5 Å². The summed E-state index contributed by atoms with van der Waals surface area (Å²) in [4.78, 5) is 1.29. The van der Waals surface area contributed by atoms with Crippen LogP contribution in [0.5, 0.6) is 5.75 Å². The van der Waals surface area contributed by atoms with E-state index in [9.17, 15) is 0 Å². The molecule has 0 aromatic heterocycles. The van der Waals surface area contributed by atoms with Gasteiger partial charge in [-0.15, -0.1) is 11.8 Å². The molecule has 1 aromatic carbocycles. The third-order valence-electron chi connectivity index (χ3n) is 3.70. The Labute approximate surface area is 121 Å². The molecule has 0 heterocycles. The predicted molar refractivity (Wildman–Crippen MR) is 83.2 cm³/mol. The van der Waals surface area contributed by atoms with Crippen molar-refractivity contribution in [3.8, 4) is 5.75 Å². The molecule has 2 rings (SSSR count). The van der Waals surface area contributed by atoms with Crippen molar-refractivity contribution in [2.75, 3.05) is 19.4 Å². The molecule has 1 aromatic rings. The van der Waals surface area contributed by atoms with Crippen LogP contribution >= 0.6 is 11.8 Å². The van der Waals surface area contributed by atoms with E-state index in [1.54, 1.807) is 7.11 Å². The van der Waals surface area contributed by atoms with E-state index in [0.29, 0.717) is 0 Å². The zero-order valence-electron chi connectivity index (χ0n) is 11.9. The van der Waals surface area contributed by atoms with Crippen LogP contribution in [0.4, 0.5) is 0 Å². The maximum Gasteiger partial charge on any atom is 0.119 e. The van der Waals surface area contributed by atoms with Crippen LogP contribution in [-0.2, 0) is 0 Å². The van der Waals surface area contributed by atoms with Crippen molar-refractivity contribution in [1.29, 1.82) is 0 Å². The van der Waals surface area contributed by atoms with Gasteiger partial charge in [-0.3, -0.25) is 0 Å². The van der Waals surface area contributed by atoms with Crippen molar-refractivity contribution in [1.82, 2.24) is 5.32 Å². The first-order valence-electron chi connectivity index (χ1n) is 7.39. The first kappa shape index (κ1) is 14.7. The Morgan fingerprint density at radius 3 is 2.74 bits per heavy atom.